The van der Waals surface area contributed by atoms with Gasteiger partial charge in [-0.2, -0.15) is 0 Å². The zero-order valence-electron chi connectivity index (χ0n) is 10.5. The third kappa shape index (κ3) is 1.07. The van der Waals surface area contributed by atoms with Gasteiger partial charge < -0.3 is 5.32 Å². The Balaban J connectivity index is 2.26. The number of hydrogen-bond acceptors (Lipinski definition) is 3. The lowest BCUT2D eigenvalue weighted by Gasteiger charge is -2.12. The molecule has 0 atom stereocenters. The fraction of sp³-hybridized carbons (Fsp3) is 0. The Morgan fingerprint density at radius 3 is 3.00 bits per heavy atom. The minimum absolute atomic E-state index is 0.977. The second-order valence-electron chi connectivity index (χ2n) is 4.92. The number of anilines is 1. The molecule has 94 valence electrons. The van der Waals surface area contributed by atoms with Crippen molar-refractivity contribution in [2.45, 2.75) is 0 Å². The van der Waals surface area contributed by atoms with E-state index in [1.165, 1.54) is 5.39 Å². The summed E-state index contributed by atoms with van der Waals surface area (Å²) >= 11 is 0. The highest BCUT2D eigenvalue weighted by atomic mass is 15.0. The molecule has 2 aromatic carbocycles. The Morgan fingerprint density at radius 1 is 1.05 bits per heavy atom. The Bertz CT molecular complexity index is 1070. The highest BCUT2D eigenvalue weighted by Crippen LogP contribution is 2.33. The van der Waals surface area contributed by atoms with Crippen LogP contribution in [0, 0.1) is 0 Å². The van der Waals surface area contributed by atoms with Crippen LogP contribution in [0.1, 0.15) is 0 Å². The van der Waals surface area contributed by atoms with Crippen molar-refractivity contribution in [3.8, 4) is 0 Å². The number of imidazole rings is 1. The number of rotatable bonds is 0. The average Bonchev–Trinajstić information content (AvgIpc) is 2.81. The van der Waals surface area contributed by atoms with Crippen LogP contribution >= 0.6 is 0 Å². The summed E-state index contributed by atoms with van der Waals surface area (Å²) in [4.78, 5) is 9.02. The summed E-state index contributed by atoms with van der Waals surface area (Å²) in [5, 5.41) is 6.65. The van der Waals surface area contributed by atoms with Crippen LogP contribution in [0.5, 0.6) is 0 Å². The van der Waals surface area contributed by atoms with Crippen LogP contribution in [-0.4, -0.2) is 9.38 Å². The second kappa shape index (κ2) is 3.36. The first-order valence-electron chi connectivity index (χ1n) is 6.53. The zero-order valence-corrected chi connectivity index (χ0v) is 10.5. The van der Waals surface area contributed by atoms with Gasteiger partial charge in [-0.1, -0.05) is 18.2 Å². The first kappa shape index (κ1) is 9.97. The van der Waals surface area contributed by atoms with Gasteiger partial charge in [0.2, 0.25) is 0 Å². The molecular formula is C16H10N4. The van der Waals surface area contributed by atoms with E-state index in [9.17, 15) is 0 Å². The van der Waals surface area contributed by atoms with E-state index in [-0.39, 0.29) is 0 Å². The number of nitrogens with zero attached hydrogens (tertiary/aromatic N) is 3. The lowest BCUT2D eigenvalue weighted by Crippen LogP contribution is -2.05. The van der Waals surface area contributed by atoms with Crippen LogP contribution in [0.2, 0.25) is 0 Å². The molecule has 4 heteroatoms. The van der Waals surface area contributed by atoms with E-state index in [1.807, 2.05) is 24.7 Å². The van der Waals surface area contributed by atoms with Gasteiger partial charge in [0.15, 0.2) is 0 Å². The van der Waals surface area contributed by atoms with E-state index in [2.05, 4.69) is 44.0 Å². The quantitative estimate of drug-likeness (QED) is 0.493. The molecule has 0 unspecified atom stereocenters. The van der Waals surface area contributed by atoms with Crippen molar-refractivity contribution in [3.63, 3.8) is 0 Å². The standard InChI is InChI=1S/C16H10N4/c1-2-4-13-10(3-1)15-14-11(17-7-8-18-15)5-6-12-16(14)20(13)9-19-12/h1-9,18H. The number of para-hydroxylation sites is 1. The number of nitrogens with one attached hydrogen (secondary N) is 1. The summed E-state index contributed by atoms with van der Waals surface area (Å²) in [6.45, 7) is 0. The molecule has 0 saturated heterocycles. The maximum atomic E-state index is 4.51. The van der Waals surface area contributed by atoms with Crippen molar-refractivity contribution in [3.05, 3.63) is 60.5 Å². The molecule has 0 saturated carbocycles. The van der Waals surface area contributed by atoms with E-state index in [0.29, 0.717) is 0 Å². The van der Waals surface area contributed by atoms with E-state index >= 15 is 0 Å². The minimum atomic E-state index is 0.977. The van der Waals surface area contributed by atoms with Crippen LogP contribution in [0.4, 0.5) is 5.69 Å². The maximum Gasteiger partial charge on any atom is 0.100 e. The molecule has 20 heavy (non-hydrogen) atoms. The van der Waals surface area contributed by atoms with Crippen molar-refractivity contribution in [2.75, 3.05) is 5.32 Å². The Labute approximate surface area is 114 Å². The average molecular weight is 258 g/mol. The fourth-order valence-corrected chi connectivity index (χ4v) is 3.05. The van der Waals surface area contributed by atoms with Crippen molar-refractivity contribution in [1.82, 2.24) is 9.38 Å². The lowest BCUT2D eigenvalue weighted by molar-refractivity contribution is 1.22. The highest BCUT2D eigenvalue weighted by molar-refractivity contribution is 6.12. The Kier molecular flexibility index (Phi) is 1.68. The SMILES string of the molecule is C1=CNc2c3ccccc3n3cnc4ccc(c2c43)=N1. The molecule has 3 heterocycles. The van der Waals surface area contributed by atoms with Crippen LogP contribution < -0.4 is 10.7 Å². The van der Waals surface area contributed by atoms with Gasteiger partial charge in [0, 0.05) is 17.8 Å². The van der Waals surface area contributed by atoms with Crippen molar-refractivity contribution in [2.24, 2.45) is 4.99 Å². The number of benzene rings is 2. The van der Waals surface area contributed by atoms with Gasteiger partial charge in [0.25, 0.3) is 0 Å². The van der Waals surface area contributed by atoms with Gasteiger partial charge in [-0.25, -0.2) is 4.98 Å². The van der Waals surface area contributed by atoms with Crippen molar-refractivity contribution >= 4 is 33.0 Å². The lowest BCUT2D eigenvalue weighted by atomic mass is 10.1. The van der Waals surface area contributed by atoms with Gasteiger partial charge in [-0.05, 0) is 18.2 Å². The predicted molar refractivity (Wildman–Crippen MR) is 79.7 cm³/mol. The molecule has 0 radical (unpaired) electrons. The second-order valence-corrected chi connectivity index (χ2v) is 4.92. The summed E-state index contributed by atoms with van der Waals surface area (Å²) in [5.41, 5.74) is 4.37. The number of hydrogen-bond donors (Lipinski definition) is 1. The molecule has 0 amide bonds. The highest BCUT2D eigenvalue weighted by Gasteiger charge is 2.15. The van der Waals surface area contributed by atoms with Crippen LogP contribution in [0.15, 0.2) is 60.1 Å². The third-order valence-corrected chi connectivity index (χ3v) is 3.89. The Morgan fingerprint density at radius 2 is 2.00 bits per heavy atom. The first-order valence-corrected chi connectivity index (χ1v) is 6.53. The Hall–Kier alpha value is -2.88. The van der Waals surface area contributed by atoms with Gasteiger partial charge in [-0.3, -0.25) is 9.39 Å². The molecule has 2 aromatic heterocycles. The van der Waals surface area contributed by atoms with Crippen LogP contribution in [0.25, 0.3) is 27.3 Å². The van der Waals surface area contributed by atoms with Gasteiger partial charge in [0.05, 0.1) is 33.0 Å². The normalized spacial score (nSPS) is 13.6. The van der Waals surface area contributed by atoms with E-state index in [0.717, 1.165) is 33.0 Å². The molecule has 4 nitrogen and oxygen atoms in total. The van der Waals surface area contributed by atoms with Gasteiger partial charge >= 0.3 is 0 Å². The molecule has 1 aliphatic heterocycles. The summed E-state index contributed by atoms with van der Waals surface area (Å²) in [7, 11) is 0. The number of fused-ring (bicyclic) bond motifs is 3. The molecular weight excluding hydrogens is 248 g/mol. The molecule has 1 aliphatic rings. The first-order chi connectivity index (χ1) is 9.93. The van der Waals surface area contributed by atoms with Gasteiger partial charge in [0.1, 0.15) is 6.33 Å². The largest absolute Gasteiger partial charge is 0.359 e. The van der Waals surface area contributed by atoms with Crippen LogP contribution in [0.3, 0.4) is 0 Å². The van der Waals surface area contributed by atoms with Crippen LogP contribution in [-0.2, 0) is 0 Å². The van der Waals surface area contributed by atoms with Crippen molar-refractivity contribution in [1.29, 1.82) is 0 Å². The molecule has 4 aromatic rings. The third-order valence-electron chi connectivity index (χ3n) is 3.89. The fourth-order valence-electron chi connectivity index (χ4n) is 3.05. The summed E-state index contributed by atoms with van der Waals surface area (Å²) < 4.78 is 2.15. The van der Waals surface area contributed by atoms with E-state index in [4.69, 9.17) is 0 Å². The monoisotopic (exact) mass is 258 g/mol. The number of aromatic nitrogens is 2. The molecule has 1 N–H and O–H groups in total. The zero-order chi connectivity index (χ0) is 13.1. The van der Waals surface area contributed by atoms with E-state index < -0.39 is 0 Å². The summed E-state index contributed by atoms with van der Waals surface area (Å²) in [5.74, 6) is 0. The summed E-state index contributed by atoms with van der Waals surface area (Å²) in [6, 6.07) is 12.4. The van der Waals surface area contributed by atoms with Gasteiger partial charge in [-0.15, -0.1) is 0 Å². The molecule has 5 rings (SSSR count). The smallest absolute Gasteiger partial charge is 0.100 e. The topological polar surface area (TPSA) is 41.7 Å². The van der Waals surface area contributed by atoms with E-state index in [1.54, 1.807) is 6.20 Å². The molecule has 0 fully saturated rings. The molecule has 0 bridgehead atoms. The predicted octanol–water partition coefficient (Wildman–Crippen LogP) is 2.88. The minimum Gasteiger partial charge on any atom is -0.359 e. The summed E-state index contributed by atoms with van der Waals surface area (Å²) in [6.07, 6.45) is 5.56. The number of pyridine rings is 1. The van der Waals surface area contributed by atoms with Crippen molar-refractivity contribution < 1.29 is 0 Å². The molecule has 0 spiro atoms. The molecule has 0 aliphatic carbocycles. The maximum absolute atomic E-state index is 4.51.